The Morgan fingerprint density at radius 3 is 2.67 bits per heavy atom. The van der Waals surface area contributed by atoms with Crippen LogP contribution in [0.3, 0.4) is 0 Å². The molecule has 0 aromatic carbocycles. The van der Waals surface area contributed by atoms with Gasteiger partial charge in [0.15, 0.2) is 12.4 Å². The molecule has 2 rings (SSSR count). The van der Waals surface area contributed by atoms with Crippen molar-refractivity contribution in [3.05, 3.63) is 0 Å². The van der Waals surface area contributed by atoms with Crippen molar-refractivity contribution in [2.45, 2.75) is 83.3 Å². The second-order valence-electron chi connectivity index (χ2n) is 6.01. The van der Waals surface area contributed by atoms with Crippen LogP contribution in [0, 0.1) is 0 Å². The number of amides is 1. The molecular weight excluding hydrogens is 270 g/mol. The average molecular weight is 299 g/mol. The maximum absolute atomic E-state index is 12.1. The van der Waals surface area contributed by atoms with Gasteiger partial charge in [0.1, 0.15) is 0 Å². The fourth-order valence-electron chi connectivity index (χ4n) is 3.31. The quantitative estimate of drug-likeness (QED) is 0.645. The highest BCUT2D eigenvalue weighted by Gasteiger charge is 2.50. The summed E-state index contributed by atoms with van der Waals surface area (Å²) in [5.41, 5.74) is 0. The van der Waals surface area contributed by atoms with Gasteiger partial charge in [0.05, 0.1) is 12.1 Å². The minimum absolute atomic E-state index is 0.0530. The van der Waals surface area contributed by atoms with Crippen LogP contribution < -0.4 is 0 Å². The van der Waals surface area contributed by atoms with E-state index in [0.717, 1.165) is 19.4 Å². The summed E-state index contributed by atoms with van der Waals surface area (Å²) < 4.78 is 16.7. The van der Waals surface area contributed by atoms with Crippen molar-refractivity contribution in [3.63, 3.8) is 0 Å². The maximum atomic E-state index is 12.1. The van der Waals surface area contributed by atoms with E-state index in [2.05, 4.69) is 13.8 Å². The van der Waals surface area contributed by atoms with Gasteiger partial charge < -0.3 is 19.1 Å². The Bertz CT molecular complexity index is 336. The molecule has 122 valence electrons. The van der Waals surface area contributed by atoms with Gasteiger partial charge in [-0.25, -0.2) is 4.79 Å². The molecule has 21 heavy (non-hydrogen) atoms. The predicted octanol–water partition coefficient (Wildman–Crippen LogP) is 3.32. The van der Waals surface area contributed by atoms with Crippen molar-refractivity contribution in [3.8, 4) is 0 Å². The lowest BCUT2D eigenvalue weighted by Gasteiger charge is -2.37. The summed E-state index contributed by atoms with van der Waals surface area (Å²) in [6, 6.07) is 0.104. The molecule has 0 radical (unpaired) electrons. The topological polar surface area (TPSA) is 48.0 Å². The molecule has 0 unspecified atom stereocenters. The van der Waals surface area contributed by atoms with Gasteiger partial charge in [0.25, 0.3) is 0 Å². The van der Waals surface area contributed by atoms with Gasteiger partial charge in [-0.15, -0.1) is 0 Å². The highest BCUT2D eigenvalue weighted by molar-refractivity contribution is 5.70. The number of ether oxygens (including phenoxy) is 3. The highest BCUT2D eigenvalue weighted by Crippen LogP contribution is 2.34. The maximum Gasteiger partial charge on any atom is 0.410 e. The minimum atomic E-state index is -0.228. The third-order valence-corrected chi connectivity index (χ3v) is 4.55. The van der Waals surface area contributed by atoms with Crippen LogP contribution in [0.1, 0.15) is 58.8 Å². The molecule has 1 amide bonds. The van der Waals surface area contributed by atoms with Crippen LogP contribution in [0.15, 0.2) is 0 Å². The first-order valence-corrected chi connectivity index (χ1v) is 8.36. The van der Waals surface area contributed by atoms with E-state index in [1.165, 1.54) is 25.7 Å². The first kappa shape index (κ1) is 16.6. The number of hydrogen-bond acceptors (Lipinski definition) is 4. The van der Waals surface area contributed by atoms with Gasteiger partial charge in [0, 0.05) is 20.1 Å². The van der Waals surface area contributed by atoms with Gasteiger partial charge in [-0.05, 0) is 12.8 Å². The summed E-state index contributed by atoms with van der Waals surface area (Å²) in [5, 5.41) is 0. The number of unbranched alkanes of at least 4 members (excludes halogenated alkanes) is 4. The summed E-state index contributed by atoms with van der Waals surface area (Å²) in [4.78, 5) is 14.0. The van der Waals surface area contributed by atoms with E-state index in [4.69, 9.17) is 14.2 Å². The van der Waals surface area contributed by atoms with Crippen LogP contribution in [-0.4, -0.2) is 49.2 Å². The number of nitrogens with zero attached hydrogens (tertiary/aromatic N) is 1. The zero-order valence-corrected chi connectivity index (χ0v) is 13.5. The molecule has 0 saturated carbocycles. The Kier molecular flexibility index (Phi) is 6.30. The Labute approximate surface area is 127 Å². The number of methoxy groups -OCH3 is 1. The third kappa shape index (κ3) is 3.89. The molecule has 2 aliphatic heterocycles. The third-order valence-electron chi connectivity index (χ3n) is 4.55. The number of carbonyl (C=O) groups excluding carboxylic acids is 1. The average Bonchev–Trinajstić information content (AvgIpc) is 2.82. The molecule has 0 spiro atoms. The highest BCUT2D eigenvalue weighted by atomic mass is 16.7. The first-order chi connectivity index (χ1) is 10.2. The van der Waals surface area contributed by atoms with Crippen LogP contribution in [0.4, 0.5) is 4.79 Å². The number of fused-ring (bicyclic) bond motifs is 1. The van der Waals surface area contributed by atoms with Gasteiger partial charge in [-0.1, -0.05) is 39.5 Å². The summed E-state index contributed by atoms with van der Waals surface area (Å²) >= 11 is 0. The lowest BCUT2D eigenvalue weighted by molar-refractivity contribution is -0.214. The minimum Gasteiger partial charge on any atom is -0.441 e. The lowest BCUT2D eigenvalue weighted by Crippen LogP contribution is -2.51. The van der Waals surface area contributed by atoms with Crippen molar-refractivity contribution < 1.29 is 19.0 Å². The smallest absolute Gasteiger partial charge is 0.410 e. The molecule has 4 atom stereocenters. The van der Waals surface area contributed by atoms with Crippen molar-refractivity contribution >= 4 is 6.09 Å². The molecule has 5 heteroatoms. The fourth-order valence-corrected chi connectivity index (χ4v) is 3.31. The molecule has 0 bridgehead atoms. The van der Waals surface area contributed by atoms with Gasteiger partial charge in [-0.3, -0.25) is 0 Å². The molecule has 2 fully saturated rings. The zero-order valence-electron chi connectivity index (χ0n) is 13.5. The van der Waals surface area contributed by atoms with E-state index < -0.39 is 0 Å². The summed E-state index contributed by atoms with van der Waals surface area (Å²) in [7, 11) is 1.66. The molecule has 0 aliphatic carbocycles. The number of hydrogen-bond donors (Lipinski definition) is 0. The Morgan fingerprint density at radius 2 is 2.00 bits per heavy atom. The van der Waals surface area contributed by atoms with Crippen molar-refractivity contribution in [2.24, 2.45) is 0 Å². The van der Waals surface area contributed by atoms with Crippen LogP contribution in [0.5, 0.6) is 0 Å². The first-order valence-electron chi connectivity index (χ1n) is 8.36. The summed E-state index contributed by atoms with van der Waals surface area (Å²) in [5.74, 6) is 0. The molecule has 0 aromatic heterocycles. The number of rotatable bonds is 8. The van der Waals surface area contributed by atoms with Crippen LogP contribution in [0.25, 0.3) is 0 Å². The SMILES string of the molecule is CCCCCCCN1C(=O)O[C@@H]2[C@@H](CC)O[C@H](OC)C[C@@H]21. The molecular formula is C16H29NO4. The van der Waals surface area contributed by atoms with E-state index >= 15 is 0 Å². The van der Waals surface area contributed by atoms with E-state index in [0.29, 0.717) is 6.42 Å². The Hall–Kier alpha value is -0.810. The lowest BCUT2D eigenvalue weighted by atomic mass is 9.96. The molecule has 2 heterocycles. The van der Waals surface area contributed by atoms with Crippen LogP contribution >= 0.6 is 0 Å². The normalized spacial score (nSPS) is 32.1. The predicted molar refractivity (Wildman–Crippen MR) is 80.1 cm³/mol. The van der Waals surface area contributed by atoms with Gasteiger partial charge >= 0.3 is 6.09 Å². The van der Waals surface area contributed by atoms with E-state index in [9.17, 15) is 4.79 Å². The standard InChI is InChI=1S/C16H29NO4/c1-4-6-7-8-9-10-17-12-11-14(19-3)20-13(5-2)15(12)21-16(17)18/h12-15H,4-11H2,1-3H3/t12-,13+,14-,15-/m0/s1. The van der Waals surface area contributed by atoms with Gasteiger partial charge in [0.2, 0.25) is 0 Å². The summed E-state index contributed by atoms with van der Waals surface area (Å²) in [6.45, 7) is 5.05. The van der Waals surface area contributed by atoms with Crippen molar-refractivity contribution in [1.82, 2.24) is 4.90 Å². The molecule has 5 nitrogen and oxygen atoms in total. The van der Waals surface area contributed by atoms with E-state index in [1.807, 2.05) is 4.90 Å². The Morgan fingerprint density at radius 1 is 1.24 bits per heavy atom. The van der Waals surface area contributed by atoms with Crippen LogP contribution in [0.2, 0.25) is 0 Å². The second-order valence-corrected chi connectivity index (χ2v) is 6.01. The molecule has 0 N–H and O–H groups in total. The van der Waals surface area contributed by atoms with Crippen molar-refractivity contribution in [2.75, 3.05) is 13.7 Å². The summed E-state index contributed by atoms with van der Waals surface area (Å²) in [6.07, 6.45) is 6.92. The van der Waals surface area contributed by atoms with Crippen LogP contribution in [-0.2, 0) is 14.2 Å². The number of carbonyl (C=O) groups is 1. The monoisotopic (exact) mass is 299 g/mol. The zero-order chi connectivity index (χ0) is 15.2. The van der Waals surface area contributed by atoms with Crippen molar-refractivity contribution in [1.29, 1.82) is 0 Å². The molecule has 0 aromatic rings. The largest absolute Gasteiger partial charge is 0.441 e. The van der Waals surface area contributed by atoms with Gasteiger partial charge in [-0.2, -0.15) is 0 Å². The van der Waals surface area contributed by atoms with E-state index in [-0.39, 0.29) is 30.6 Å². The fraction of sp³-hybridized carbons (Fsp3) is 0.938. The Balaban J connectivity index is 1.90. The second kappa shape index (κ2) is 7.99. The van der Waals surface area contributed by atoms with E-state index in [1.54, 1.807) is 7.11 Å². The molecule has 2 aliphatic rings. The molecule has 2 saturated heterocycles.